The highest BCUT2D eigenvalue weighted by atomic mass is 16.7. The molecule has 0 aliphatic carbocycles. The summed E-state index contributed by atoms with van der Waals surface area (Å²) < 4.78 is 21.3. The second-order valence-corrected chi connectivity index (χ2v) is 6.26. The van der Waals surface area contributed by atoms with Gasteiger partial charge in [0.1, 0.15) is 0 Å². The van der Waals surface area contributed by atoms with Crippen LogP contribution in [0.15, 0.2) is 42.0 Å². The van der Waals surface area contributed by atoms with Crippen molar-refractivity contribution in [3.8, 4) is 23.0 Å². The number of aliphatic hydroxyl groups is 2. The molecule has 1 aliphatic heterocycles. The van der Waals surface area contributed by atoms with Crippen molar-refractivity contribution in [1.82, 2.24) is 0 Å². The maximum Gasteiger partial charge on any atom is 0.231 e. The van der Waals surface area contributed by atoms with Gasteiger partial charge < -0.3 is 29.2 Å². The monoisotopic (exact) mass is 372 g/mol. The Hall–Kier alpha value is -2.70. The van der Waals surface area contributed by atoms with Crippen LogP contribution in [0, 0.1) is 5.92 Å². The molecule has 0 radical (unpaired) electrons. The molecule has 0 saturated carbocycles. The van der Waals surface area contributed by atoms with Crippen LogP contribution in [0.3, 0.4) is 0 Å². The van der Waals surface area contributed by atoms with E-state index >= 15 is 0 Å². The number of fused-ring (bicyclic) bond motifs is 1. The molecule has 1 atom stereocenters. The van der Waals surface area contributed by atoms with Gasteiger partial charge in [-0.3, -0.25) is 0 Å². The molecule has 0 amide bonds. The van der Waals surface area contributed by atoms with Crippen molar-refractivity contribution in [2.24, 2.45) is 5.92 Å². The van der Waals surface area contributed by atoms with Crippen molar-refractivity contribution in [3.05, 3.63) is 53.1 Å². The van der Waals surface area contributed by atoms with Crippen molar-refractivity contribution >= 4 is 6.08 Å². The SMILES string of the molecule is COc1ccc(C[C@@H](CO)C(=Cc2ccc3c(c2)OCO3)CO)cc1OC. The fourth-order valence-electron chi connectivity index (χ4n) is 3.11. The van der Waals surface area contributed by atoms with Gasteiger partial charge in [-0.05, 0) is 47.4 Å². The average molecular weight is 372 g/mol. The first-order chi connectivity index (χ1) is 13.2. The maximum absolute atomic E-state index is 9.90. The van der Waals surface area contributed by atoms with Gasteiger partial charge >= 0.3 is 0 Å². The molecule has 0 spiro atoms. The maximum atomic E-state index is 9.90. The zero-order valence-electron chi connectivity index (χ0n) is 15.5. The van der Waals surface area contributed by atoms with Crippen LogP contribution in [0.4, 0.5) is 0 Å². The van der Waals surface area contributed by atoms with Crippen molar-refractivity contribution in [2.45, 2.75) is 6.42 Å². The van der Waals surface area contributed by atoms with Crippen molar-refractivity contribution in [3.63, 3.8) is 0 Å². The van der Waals surface area contributed by atoms with Gasteiger partial charge in [0.2, 0.25) is 6.79 Å². The third-order valence-electron chi connectivity index (χ3n) is 4.61. The topological polar surface area (TPSA) is 77.4 Å². The molecule has 0 bridgehead atoms. The van der Waals surface area contributed by atoms with Crippen LogP contribution in [0.2, 0.25) is 0 Å². The van der Waals surface area contributed by atoms with E-state index in [4.69, 9.17) is 18.9 Å². The highest BCUT2D eigenvalue weighted by molar-refractivity contribution is 5.59. The van der Waals surface area contributed by atoms with Gasteiger partial charge in [-0.25, -0.2) is 0 Å². The Balaban J connectivity index is 1.82. The summed E-state index contributed by atoms with van der Waals surface area (Å²) in [5, 5.41) is 19.8. The first-order valence-corrected chi connectivity index (χ1v) is 8.71. The molecular formula is C21H24O6. The highest BCUT2D eigenvalue weighted by Gasteiger charge is 2.17. The first kappa shape index (κ1) is 19.1. The standard InChI is InChI=1S/C21H24O6/c1-24-18-5-3-14(9-20(18)25-2)7-16(11-22)17(12-23)8-15-4-6-19-21(10-15)27-13-26-19/h3-6,8-10,16,22-23H,7,11-13H2,1-2H3/t16-/m0/s1. The van der Waals surface area contributed by atoms with E-state index in [1.54, 1.807) is 14.2 Å². The van der Waals surface area contributed by atoms with Crippen molar-refractivity contribution in [2.75, 3.05) is 34.2 Å². The Morgan fingerprint density at radius 2 is 1.81 bits per heavy atom. The Morgan fingerprint density at radius 1 is 1.04 bits per heavy atom. The van der Waals surface area contributed by atoms with Crippen LogP contribution in [0.1, 0.15) is 11.1 Å². The van der Waals surface area contributed by atoms with Crippen LogP contribution in [-0.2, 0) is 6.42 Å². The molecule has 2 aromatic carbocycles. The Labute approximate surface area is 158 Å². The Morgan fingerprint density at radius 3 is 2.52 bits per heavy atom. The number of methoxy groups -OCH3 is 2. The number of hydrogen-bond donors (Lipinski definition) is 2. The van der Waals surface area contributed by atoms with Crippen LogP contribution in [0.5, 0.6) is 23.0 Å². The van der Waals surface area contributed by atoms with E-state index in [1.807, 2.05) is 42.5 Å². The molecule has 2 N–H and O–H groups in total. The second kappa shape index (κ2) is 8.79. The minimum absolute atomic E-state index is 0.0781. The molecule has 0 fully saturated rings. The number of benzene rings is 2. The summed E-state index contributed by atoms with van der Waals surface area (Å²) in [5.41, 5.74) is 2.61. The molecule has 1 heterocycles. The van der Waals surface area contributed by atoms with E-state index in [0.717, 1.165) is 16.7 Å². The molecule has 6 nitrogen and oxygen atoms in total. The Kier molecular flexibility index (Phi) is 6.21. The van der Waals surface area contributed by atoms with E-state index < -0.39 is 0 Å². The van der Waals surface area contributed by atoms with E-state index in [2.05, 4.69) is 0 Å². The predicted molar refractivity (Wildman–Crippen MR) is 101 cm³/mol. The smallest absolute Gasteiger partial charge is 0.231 e. The molecule has 0 unspecified atom stereocenters. The van der Waals surface area contributed by atoms with Crippen LogP contribution in [-0.4, -0.2) is 44.4 Å². The van der Waals surface area contributed by atoms with Gasteiger partial charge in [0.25, 0.3) is 0 Å². The van der Waals surface area contributed by atoms with Crippen molar-refractivity contribution < 1.29 is 29.2 Å². The van der Waals surface area contributed by atoms with Gasteiger partial charge in [0.05, 0.1) is 27.4 Å². The summed E-state index contributed by atoms with van der Waals surface area (Å²) in [4.78, 5) is 0. The minimum Gasteiger partial charge on any atom is -0.493 e. The average Bonchev–Trinajstić information content (AvgIpc) is 3.18. The number of aliphatic hydroxyl groups excluding tert-OH is 2. The van der Waals surface area contributed by atoms with Crippen molar-refractivity contribution in [1.29, 1.82) is 0 Å². The third-order valence-corrected chi connectivity index (χ3v) is 4.61. The second-order valence-electron chi connectivity index (χ2n) is 6.26. The fraction of sp³-hybridized carbons (Fsp3) is 0.333. The largest absolute Gasteiger partial charge is 0.493 e. The Bertz CT molecular complexity index is 814. The fourth-order valence-corrected chi connectivity index (χ4v) is 3.11. The molecule has 27 heavy (non-hydrogen) atoms. The molecule has 144 valence electrons. The number of rotatable bonds is 8. The normalized spacial score (nSPS) is 14.1. The molecule has 1 aliphatic rings. The van der Waals surface area contributed by atoms with Gasteiger partial charge in [-0.15, -0.1) is 0 Å². The predicted octanol–water partition coefficient (Wildman–Crippen LogP) is 2.66. The minimum atomic E-state index is -0.224. The zero-order valence-corrected chi connectivity index (χ0v) is 15.5. The molecule has 0 aromatic heterocycles. The molecule has 3 rings (SSSR count). The summed E-state index contributed by atoms with van der Waals surface area (Å²) in [7, 11) is 3.18. The lowest BCUT2D eigenvalue weighted by Crippen LogP contribution is -2.15. The molecule has 6 heteroatoms. The summed E-state index contributed by atoms with van der Waals surface area (Å²) >= 11 is 0. The van der Waals surface area contributed by atoms with Gasteiger partial charge in [-0.1, -0.05) is 18.2 Å². The molecule has 2 aromatic rings. The van der Waals surface area contributed by atoms with Crippen LogP contribution < -0.4 is 18.9 Å². The van der Waals surface area contributed by atoms with Gasteiger partial charge in [0, 0.05) is 5.92 Å². The lowest BCUT2D eigenvalue weighted by Gasteiger charge is -2.18. The van der Waals surface area contributed by atoms with Gasteiger partial charge in [0.15, 0.2) is 23.0 Å². The first-order valence-electron chi connectivity index (χ1n) is 8.71. The van der Waals surface area contributed by atoms with E-state index in [-0.39, 0.29) is 25.9 Å². The lowest BCUT2D eigenvalue weighted by molar-refractivity contribution is 0.174. The summed E-state index contributed by atoms with van der Waals surface area (Å²) in [5.74, 6) is 2.46. The van der Waals surface area contributed by atoms with Gasteiger partial charge in [-0.2, -0.15) is 0 Å². The summed E-state index contributed by atoms with van der Waals surface area (Å²) in [6.07, 6.45) is 2.44. The zero-order chi connectivity index (χ0) is 19.2. The number of hydrogen-bond acceptors (Lipinski definition) is 6. The summed E-state index contributed by atoms with van der Waals surface area (Å²) in [6, 6.07) is 11.3. The van der Waals surface area contributed by atoms with Crippen LogP contribution in [0.25, 0.3) is 6.08 Å². The van der Waals surface area contributed by atoms with E-state index in [1.165, 1.54) is 0 Å². The van der Waals surface area contributed by atoms with Crippen LogP contribution >= 0.6 is 0 Å². The number of ether oxygens (including phenoxy) is 4. The lowest BCUT2D eigenvalue weighted by atomic mass is 9.91. The highest BCUT2D eigenvalue weighted by Crippen LogP contribution is 2.34. The summed E-state index contributed by atoms with van der Waals surface area (Å²) in [6.45, 7) is -0.00776. The van der Waals surface area contributed by atoms with E-state index in [9.17, 15) is 10.2 Å². The molecule has 0 saturated heterocycles. The molecular weight excluding hydrogens is 348 g/mol. The van der Waals surface area contributed by atoms with E-state index in [0.29, 0.717) is 29.4 Å². The third kappa shape index (κ3) is 4.35. The quantitative estimate of drug-likeness (QED) is 0.742.